The predicted molar refractivity (Wildman–Crippen MR) is 134 cm³/mol. The van der Waals surface area contributed by atoms with Crippen molar-refractivity contribution >= 4 is 23.3 Å². The number of rotatable bonds is 9. The van der Waals surface area contributed by atoms with Gasteiger partial charge in [0.2, 0.25) is 0 Å². The van der Waals surface area contributed by atoms with Gasteiger partial charge in [-0.3, -0.25) is 4.79 Å². The Bertz CT molecular complexity index is 1160. The summed E-state index contributed by atoms with van der Waals surface area (Å²) in [5, 5.41) is 6.73. The maximum atomic E-state index is 12.8. The fourth-order valence-corrected chi connectivity index (χ4v) is 3.09. The van der Waals surface area contributed by atoms with Gasteiger partial charge in [0.15, 0.2) is 0 Å². The van der Waals surface area contributed by atoms with E-state index in [0.717, 1.165) is 11.1 Å². The van der Waals surface area contributed by atoms with Gasteiger partial charge in [-0.05, 0) is 48.9 Å². The van der Waals surface area contributed by atoms with Crippen LogP contribution >= 0.6 is 11.6 Å². The van der Waals surface area contributed by atoms with E-state index < -0.39 is 0 Å². The van der Waals surface area contributed by atoms with E-state index in [4.69, 9.17) is 16.3 Å². The van der Waals surface area contributed by atoms with Crippen molar-refractivity contribution in [3.63, 3.8) is 0 Å². The maximum Gasteiger partial charge on any atom is 0.251 e. The minimum absolute atomic E-state index is 0.172. The van der Waals surface area contributed by atoms with Gasteiger partial charge in [0.25, 0.3) is 5.91 Å². The SMILES string of the molecule is C=C(/C=C\N(C)C)Nc1cc(Oc2cccc(C(=O)NCc3ccc(Cl)cc3)c2C)ccn1. The third kappa shape index (κ3) is 7.12. The average molecular weight is 463 g/mol. The number of halogens is 1. The number of amides is 1. The van der Waals surface area contributed by atoms with Crippen molar-refractivity contribution in [3.8, 4) is 11.5 Å². The van der Waals surface area contributed by atoms with Crippen molar-refractivity contribution in [2.45, 2.75) is 13.5 Å². The van der Waals surface area contributed by atoms with Crippen LogP contribution in [0.3, 0.4) is 0 Å². The number of benzene rings is 2. The van der Waals surface area contributed by atoms with Gasteiger partial charge >= 0.3 is 0 Å². The summed E-state index contributed by atoms with van der Waals surface area (Å²) in [4.78, 5) is 19.0. The summed E-state index contributed by atoms with van der Waals surface area (Å²) in [6, 6.07) is 16.3. The van der Waals surface area contributed by atoms with Gasteiger partial charge in [-0.25, -0.2) is 4.98 Å². The maximum absolute atomic E-state index is 12.8. The molecule has 0 bridgehead atoms. The Morgan fingerprint density at radius 3 is 2.67 bits per heavy atom. The van der Waals surface area contributed by atoms with Crippen LogP contribution in [0.15, 0.2) is 85.3 Å². The van der Waals surface area contributed by atoms with Gasteiger partial charge in [0, 0.05) is 60.9 Å². The van der Waals surface area contributed by atoms with E-state index in [0.29, 0.717) is 40.1 Å². The van der Waals surface area contributed by atoms with Crippen LogP contribution in [-0.2, 0) is 6.54 Å². The molecular weight excluding hydrogens is 436 g/mol. The highest BCUT2D eigenvalue weighted by Gasteiger charge is 2.13. The van der Waals surface area contributed by atoms with Gasteiger partial charge in [-0.15, -0.1) is 0 Å². The van der Waals surface area contributed by atoms with Gasteiger partial charge in [0.05, 0.1) is 0 Å². The first kappa shape index (κ1) is 23.9. The highest BCUT2D eigenvalue weighted by molar-refractivity contribution is 6.30. The number of allylic oxidation sites excluding steroid dienone is 1. The van der Waals surface area contributed by atoms with E-state index in [2.05, 4.69) is 22.2 Å². The molecule has 3 aromatic rings. The number of carbonyl (C=O) groups is 1. The third-order valence-corrected chi connectivity index (χ3v) is 4.97. The molecule has 0 radical (unpaired) electrons. The largest absolute Gasteiger partial charge is 0.457 e. The fourth-order valence-electron chi connectivity index (χ4n) is 2.97. The first-order valence-corrected chi connectivity index (χ1v) is 10.8. The molecule has 0 aliphatic heterocycles. The first-order chi connectivity index (χ1) is 15.8. The van der Waals surface area contributed by atoms with Crippen LogP contribution in [0.5, 0.6) is 11.5 Å². The molecule has 3 rings (SSSR count). The number of aromatic nitrogens is 1. The number of ether oxygens (including phenoxy) is 1. The average Bonchev–Trinajstić information content (AvgIpc) is 2.79. The minimum Gasteiger partial charge on any atom is -0.457 e. The first-order valence-electron chi connectivity index (χ1n) is 10.4. The molecular formula is C26H27ClN4O2. The lowest BCUT2D eigenvalue weighted by atomic mass is 10.1. The summed E-state index contributed by atoms with van der Waals surface area (Å²) >= 11 is 5.92. The van der Waals surface area contributed by atoms with Crippen LogP contribution in [-0.4, -0.2) is 29.9 Å². The third-order valence-electron chi connectivity index (χ3n) is 4.72. The van der Waals surface area contributed by atoms with Crippen molar-refractivity contribution in [1.29, 1.82) is 0 Å². The molecule has 7 heteroatoms. The summed E-state index contributed by atoms with van der Waals surface area (Å²) in [6.45, 7) is 6.24. The molecule has 0 aliphatic rings. The molecule has 1 aromatic heterocycles. The fraction of sp³-hybridized carbons (Fsp3) is 0.154. The summed E-state index contributed by atoms with van der Waals surface area (Å²) in [5.41, 5.74) is 2.97. The Labute approximate surface area is 199 Å². The van der Waals surface area contributed by atoms with E-state index in [-0.39, 0.29) is 5.91 Å². The monoisotopic (exact) mass is 462 g/mol. The molecule has 0 spiro atoms. The molecule has 0 saturated carbocycles. The van der Waals surface area contributed by atoms with Crippen molar-refractivity contribution < 1.29 is 9.53 Å². The topological polar surface area (TPSA) is 66.5 Å². The van der Waals surface area contributed by atoms with Crippen molar-refractivity contribution in [2.75, 3.05) is 19.4 Å². The zero-order chi connectivity index (χ0) is 23.8. The molecule has 1 amide bonds. The number of carbonyl (C=O) groups excluding carboxylic acids is 1. The number of pyridine rings is 1. The molecule has 0 unspecified atom stereocenters. The molecule has 6 nitrogen and oxygen atoms in total. The molecule has 170 valence electrons. The van der Waals surface area contributed by atoms with Crippen molar-refractivity contribution in [2.24, 2.45) is 0 Å². The van der Waals surface area contributed by atoms with Gasteiger partial charge in [-0.1, -0.05) is 36.4 Å². The van der Waals surface area contributed by atoms with E-state index in [1.54, 1.807) is 42.6 Å². The van der Waals surface area contributed by atoms with E-state index in [9.17, 15) is 4.79 Å². The molecule has 0 fully saturated rings. The lowest BCUT2D eigenvalue weighted by molar-refractivity contribution is 0.0950. The Morgan fingerprint density at radius 1 is 1.18 bits per heavy atom. The number of nitrogens with one attached hydrogen (secondary N) is 2. The lowest BCUT2D eigenvalue weighted by Gasteiger charge is -2.14. The van der Waals surface area contributed by atoms with Crippen LogP contribution < -0.4 is 15.4 Å². The van der Waals surface area contributed by atoms with E-state index in [1.165, 1.54) is 0 Å². The smallest absolute Gasteiger partial charge is 0.251 e. The van der Waals surface area contributed by atoms with E-state index in [1.807, 2.05) is 56.4 Å². The van der Waals surface area contributed by atoms with E-state index >= 15 is 0 Å². The number of anilines is 1. The van der Waals surface area contributed by atoms with Gasteiger partial charge in [0.1, 0.15) is 17.3 Å². The lowest BCUT2D eigenvalue weighted by Crippen LogP contribution is -2.23. The van der Waals surface area contributed by atoms with Crippen LogP contribution in [0.2, 0.25) is 5.02 Å². The number of nitrogens with zero attached hydrogens (tertiary/aromatic N) is 2. The quantitative estimate of drug-likeness (QED) is 0.395. The van der Waals surface area contributed by atoms with Crippen LogP contribution in [0.4, 0.5) is 5.82 Å². The van der Waals surface area contributed by atoms with Gasteiger partial charge < -0.3 is 20.3 Å². The van der Waals surface area contributed by atoms with Crippen LogP contribution in [0, 0.1) is 6.92 Å². The molecule has 0 atom stereocenters. The molecule has 1 heterocycles. The van der Waals surface area contributed by atoms with Crippen LogP contribution in [0.1, 0.15) is 21.5 Å². The standard InChI is InChI=1S/C26H27ClN4O2/c1-18(13-15-31(3)4)30-25-16-22(12-14-28-25)33-24-7-5-6-23(19(24)2)26(32)29-17-20-8-10-21(27)11-9-20/h5-16H,1,17H2,2-4H3,(H,28,30)(H,29,32)/b15-13-. The Morgan fingerprint density at radius 2 is 1.94 bits per heavy atom. The number of hydrogen-bond acceptors (Lipinski definition) is 5. The number of hydrogen-bond donors (Lipinski definition) is 2. The Hall–Kier alpha value is -3.77. The Kier molecular flexibility index (Phi) is 8.11. The zero-order valence-corrected chi connectivity index (χ0v) is 19.7. The van der Waals surface area contributed by atoms with Crippen molar-refractivity contribution in [1.82, 2.24) is 15.2 Å². The second-order valence-electron chi connectivity index (χ2n) is 7.65. The molecule has 2 aromatic carbocycles. The molecule has 33 heavy (non-hydrogen) atoms. The molecule has 0 saturated heterocycles. The zero-order valence-electron chi connectivity index (χ0n) is 18.9. The highest BCUT2D eigenvalue weighted by atomic mass is 35.5. The molecule has 2 N–H and O–H groups in total. The summed E-state index contributed by atoms with van der Waals surface area (Å²) in [5.74, 6) is 1.63. The van der Waals surface area contributed by atoms with Crippen LogP contribution in [0.25, 0.3) is 0 Å². The van der Waals surface area contributed by atoms with Crippen molar-refractivity contribution in [3.05, 3.63) is 107 Å². The normalized spacial score (nSPS) is 10.7. The highest BCUT2D eigenvalue weighted by Crippen LogP contribution is 2.28. The predicted octanol–water partition coefficient (Wildman–Crippen LogP) is 5.77. The minimum atomic E-state index is -0.172. The summed E-state index contributed by atoms with van der Waals surface area (Å²) in [6.07, 6.45) is 5.40. The summed E-state index contributed by atoms with van der Waals surface area (Å²) < 4.78 is 6.07. The molecule has 0 aliphatic carbocycles. The van der Waals surface area contributed by atoms with Gasteiger partial charge in [-0.2, -0.15) is 0 Å². The summed E-state index contributed by atoms with van der Waals surface area (Å²) in [7, 11) is 3.87. The second-order valence-corrected chi connectivity index (χ2v) is 8.08. The Balaban J connectivity index is 1.68. The second kappa shape index (κ2) is 11.2.